The van der Waals surface area contributed by atoms with Gasteiger partial charge in [0.1, 0.15) is 18.3 Å². The summed E-state index contributed by atoms with van der Waals surface area (Å²) in [4.78, 5) is 7.99. The molecule has 3 heterocycles. The smallest absolute Gasteiger partial charge is 0.145 e. The van der Waals surface area contributed by atoms with Gasteiger partial charge in [0.2, 0.25) is 0 Å². The molecule has 0 amide bonds. The average Bonchev–Trinajstić information content (AvgIpc) is 3.09. The number of aromatic nitrogens is 3. The SMILES string of the molecule is CCC1=NOC(CN2CCC(c3nncn3C)CC2)C1. The van der Waals surface area contributed by atoms with Crippen molar-refractivity contribution in [3.05, 3.63) is 12.2 Å². The van der Waals surface area contributed by atoms with Gasteiger partial charge in [-0.1, -0.05) is 12.1 Å². The number of rotatable bonds is 4. The van der Waals surface area contributed by atoms with Gasteiger partial charge in [0.25, 0.3) is 0 Å². The van der Waals surface area contributed by atoms with Crippen molar-refractivity contribution in [2.24, 2.45) is 12.2 Å². The lowest BCUT2D eigenvalue weighted by Crippen LogP contribution is -2.38. The standard InChI is InChI=1S/C14H23N5O/c1-3-12-8-13(20-17-12)9-19-6-4-11(5-7-19)14-16-15-10-18(14)2/h10-11,13H,3-9H2,1-2H3. The summed E-state index contributed by atoms with van der Waals surface area (Å²) in [6.45, 7) is 5.35. The monoisotopic (exact) mass is 277 g/mol. The van der Waals surface area contributed by atoms with Crippen molar-refractivity contribution in [3.8, 4) is 0 Å². The summed E-state index contributed by atoms with van der Waals surface area (Å²) in [5.74, 6) is 1.67. The van der Waals surface area contributed by atoms with Crippen LogP contribution in [0.4, 0.5) is 0 Å². The van der Waals surface area contributed by atoms with Crippen LogP contribution in [0.1, 0.15) is 44.3 Å². The Labute approximate surface area is 119 Å². The Bertz CT molecular complexity index is 476. The minimum atomic E-state index is 0.260. The highest BCUT2D eigenvalue weighted by atomic mass is 16.6. The highest BCUT2D eigenvalue weighted by Gasteiger charge is 2.27. The van der Waals surface area contributed by atoms with Crippen molar-refractivity contribution >= 4 is 5.71 Å². The molecule has 0 bridgehead atoms. The number of piperidine rings is 1. The molecule has 20 heavy (non-hydrogen) atoms. The Hall–Kier alpha value is -1.43. The van der Waals surface area contributed by atoms with E-state index in [9.17, 15) is 0 Å². The van der Waals surface area contributed by atoms with E-state index in [4.69, 9.17) is 4.84 Å². The van der Waals surface area contributed by atoms with Crippen LogP contribution in [-0.2, 0) is 11.9 Å². The fourth-order valence-electron chi connectivity index (χ4n) is 3.12. The number of oxime groups is 1. The van der Waals surface area contributed by atoms with Crippen LogP contribution in [0.15, 0.2) is 11.5 Å². The Balaban J connectivity index is 1.46. The van der Waals surface area contributed by atoms with E-state index in [0.29, 0.717) is 5.92 Å². The molecule has 1 atom stereocenters. The van der Waals surface area contributed by atoms with Gasteiger partial charge in [-0.15, -0.1) is 10.2 Å². The summed E-state index contributed by atoms with van der Waals surface area (Å²) < 4.78 is 2.04. The molecular weight excluding hydrogens is 254 g/mol. The minimum absolute atomic E-state index is 0.260. The van der Waals surface area contributed by atoms with E-state index >= 15 is 0 Å². The summed E-state index contributed by atoms with van der Waals surface area (Å²) in [7, 11) is 2.03. The maximum atomic E-state index is 5.50. The van der Waals surface area contributed by atoms with Gasteiger partial charge in [-0.25, -0.2) is 0 Å². The third-order valence-corrected chi connectivity index (χ3v) is 4.36. The molecule has 0 radical (unpaired) electrons. The van der Waals surface area contributed by atoms with E-state index < -0.39 is 0 Å². The predicted octanol–water partition coefficient (Wildman–Crippen LogP) is 1.55. The van der Waals surface area contributed by atoms with Crippen molar-refractivity contribution in [2.45, 2.75) is 44.6 Å². The fourth-order valence-corrected chi connectivity index (χ4v) is 3.12. The summed E-state index contributed by atoms with van der Waals surface area (Å²) >= 11 is 0. The predicted molar refractivity (Wildman–Crippen MR) is 76.6 cm³/mol. The molecule has 0 saturated carbocycles. The lowest BCUT2D eigenvalue weighted by Gasteiger charge is -2.32. The molecule has 1 unspecified atom stereocenters. The van der Waals surface area contributed by atoms with Crippen LogP contribution < -0.4 is 0 Å². The molecular formula is C14H23N5O. The maximum absolute atomic E-state index is 5.50. The quantitative estimate of drug-likeness (QED) is 0.838. The van der Waals surface area contributed by atoms with E-state index in [1.54, 1.807) is 6.33 Å². The molecule has 1 aromatic rings. The van der Waals surface area contributed by atoms with E-state index in [0.717, 1.165) is 51.1 Å². The number of hydrogen-bond donors (Lipinski definition) is 0. The van der Waals surface area contributed by atoms with Crippen molar-refractivity contribution < 1.29 is 4.84 Å². The zero-order chi connectivity index (χ0) is 13.9. The molecule has 6 heteroatoms. The molecule has 3 rings (SSSR count). The van der Waals surface area contributed by atoms with Gasteiger partial charge in [0.05, 0.1) is 5.71 Å². The first kappa shape index (κ1) is 13.5. The van der Waals surface area contributed by atoms with E-state index in [-0.39, 0.29) is 6.10 Å². The van der Waals surface area contributed by atoms with Gasteiger partial charge in [-0.3, -0.25) is 4.90 Å². The second-order valence-corrected chi connectivity index (χ2v) is 5.82. The minimum Gasteiger partial charge on any atom is -0.391 e. The zero-order valence-corrected chi connectivity index (χ0v) is 12.3. The van der Waals surface area contributed by atoms with E-state index in [2.05, 4.69) is 27.2 Å². The molecule has 0 N–H and O–H groups in total. The van der Waals surface area contributed by atoms with Crippen LogP contribution >= 0.6 is 0 Å². The third kappa shape index (κ3) is 2.85. The van der Waals surface area contributed by atoms with Crippen LogP contribution in [0.2, 0.25) is 0 Å². The molecule has 6 nitrogen and oxygen atoms in total. The lowest BCUT2D eigenvalue weighted by molar-refractivity contribution is 0.0450. The molecule has 1 aromatic heterocycles. The number of hydrogen-bond acceptors (Lipinski definition) is 5. The van der Waals surface area contributed by atoms with Crippen molar-refractivity contribution in [1.82, 2.24) is 19.7 Å². The second kappa shape index (κ2) is 5.91. The highest BCUT2D eigenvalue weighted by Crippen LogP contribution is 2.26. The van der Waals surface area contributed by atoms with Crippen LogP contribution in [0.25, 0.3) is 0 Å². The fraction of sp³-hybridized carbons (Fsp3) is 0.786. The first-order chi connectivity index (χ1) is 9.76. The lowest BCUT2D eigenvalue weighted by atomic mass is 9.95. The largest absolute Gasteiger partial charge is 0.391 e. The summed E-state index contributed by atoms with van der Waals surface area (Å²) in [5, 5.41) is 12.4. The Morgan fingerprint density at radius 2 is 2.15 bits per heavy atom. The van der Waals surface area contributed by atoms with E-state index in [1.165, 1.54) is 5.71 Å². The first-order valence-corrected chi connectivity index (χ1v) is 7.54. The van der Waals surface area contributed by atoms with E-state index in [1.807, 2.05) is 11.6 Å². The third-order valence-electron chi connectivity index (χ3n) is 4.36. The summed E-state index contributed by atoms with van der Waals surface area (Å²) in [5.41, 5.74) is 1.20. The summed E-state index contributed by atoms with van der Waals surface area (Å²) in [6, 6.07) is 0. The Morgan fingerprint density at radius 3 is 2.75 bits per heavy atom. The normalized spacial score (nSPS) is 24.7. The van der Waals surface area contributed by atoms with Gasteiger partial charge in [0, 0.05) is 25.9 Å². The second-order valence-electron chi connectivity index (χ2n) is 5.82. The van der Waals surface area contributed by atoms with Gasteiger partial charge < -0.3 is 9.40 Å². The van der Waals surface area contributed by atoms with Crippen LogP contribution in [-0.4, -0.2) is 51.1 Å². The Morgan fingerprint density at radius 1 is 1.35 bits per heavy atom. The molecule has 0 aliphatic carbocycles. The van der Waals surface area contributed by atoms with Crippen LogP contribution in [0, 0.1) is 0 Å². The molecule has 2 aliphatic rings. The molecule has 2 aliphatic heterocycles. The molecule has 1 saturated heterocycles. The Kier molecular flexibility index (Phi) is 4.00. The van der Waals surface area contributed by atoms with Gasteiger partial charge >= 0.3 is 0 Å². The highest BCUT2D eigenvalue weighted by molar-refractivity contribution is 5.85. The van der Waals surface area contributed by atoms with Crippen molar-refractivity contribution in [2.75, 3.05) is 19.6 Å². The molecule has 0 aromatic carbocycles. The summed E-state index contributed by atoms with van der Waals surface area (Å²) in [6.07, 6.45) is 6.36. The van der Waals surface area contributed by atoms with Gasteiger partial charge in [0.15, 0.2) is 0 Å². The van der Waals surface area contributed by atoms with Gasteiger partial charge in [-0.2, -0.15) is 0 Å². The van der Waals surface area contributed by atoms with Crippen LogP contribution in [0.5, 0.6) is 0 Å². The number of nitrogens with zero attached hydrogens (tertiary/aromatic N) is 5. The molecule has 0 spiro atoms. The number of likely N-dealkylation sites (tertiary alicyclic amines) is 1. The maximum Gasteiger partial charge on any atom is 0.145 e. The van der Waals surface area contributed by atoms with Crippen molar-refractivity contribution in [1.29, 1.82) is 0 Å². The van der Waals surface area contributed by atoms with Crippen molar-refractivity contribution in [3.63, 3.8) is 0 Å². The molecule has 110 valence electrons. The topological polar surface area (TPSA) is 55.5 Å². The van der Waals surface area contributed by atoms with Crippen LogP contribution in [0.3, 0.4) is 0 Å². The average molecular weight is 277 g/mol. The molecule has 1 fully saturated rings. The zero-order valence-electron chi connectivity index (χ0n) is 12.3. The first-order valence-electron chi connectivity index (χ1n) is 7.54. The number of aryl methyl sites for hydroxylation is 1. The van der Waals surface area contributed by atoms with Gasteiger partial charge in [-0.05, 0) is 32.4 Å².